The van der Waals surface area contributed by atoms with Gasteiger partial charge in [-0.25, -0.2) is 0 Å². The second kappa shape index (κ2) is 3.39. The minimum atomic E-state index is -4.32. The van der Waals surface area contributed by atoms with Crippen molar-refractivity contribution in [3.63, 3.8) is 0 Å². The first-order valence-electron chi connectivity index (χ1n) is 4.52. The molecule has 0 saturated heterocycles. The Morgan fingerprint density at radius 3 is 2.40 bits per heavy atom. The lowest BCUT2D eigenvalue weighted by Gasteiger charge is -2.09. The van der Waals surface area contributed by atoms with E-state index in [2.05, 4.69) is 0 Å². The van der Waals surface area contributed by atoms with Crippen molar-refractivity contribution in [1.82, 2.24) is 0 Å². The van der Waals surface area contributed by atoms with Crippen LogP contribution >= 0.6 is 11.6 Å². The van der Waals surface area contributed by atoms with E-state index in [1.54, 1.807) is 0 Å². The summed E-state index contributed by atoms with van der Waals surface area (Å²) >= 11 is 5.82. The van der Waals surface area contributed by atoms with Crippen LogP contribution in [0.2, 0.25) is 5.02 Å². The van der Waals surface area contributed by atoms with Crippen molar-refractivity contribution >= 4 is 11.6 Å². The maximum Gasteiger partial charge on any atom is 0.416 e. The monoisotopic (exact) mass is 235 g/mol. The smallest absolute Gasteiger partial charge is 0.327 e. The fourth-order valence-corrected chi connectivity index (χ4v) is 1.83. The van der Waals surface area contributed by atoms with E-state index in [9.17, 15) is 13.2 Å². The molecule has 2 rings (SSSR count). The Kier molecular flexibility index (Phi) is 2.43. The van der Waals surface area contributed by atoms with E-state index >= 15 is 0 Å². The maximum absolute atomic E-state index is 12.4. The van der Waals surface area contributed by atoms with Gasteiger partial charge in [0.25, 0.3) is 0 Å². The molecule has 15 heavy (non-hydrogen) atoms. The van der Waals surface area contributed by atoms with Crippen LogP contribution in [0.25, 0.3) is 0 Å². The van der Waals surface area contributed by atoms with Gasteiger partial charge in [-0.3, -0.25) is 0 Å². The summed E-state index contributed by atoms with van der Waals surface area (Å²) in [6.45, 7) is 0. The number of hydrogen-bond acceptors (Lipinski definition) is 1. The molecule has 0 aromatic heterocycles. The van der Waals surface area contributed by atoms with Crippen LogP contribution in [0, 0.1) is 0 Å². The van der Waals surface area contributed by atoms with Gasteiger partial charge < -0.3 is 5.73 Å². The van der Waals surface area contributed by atoms with Crippen LogP contribution in [-0.2, 0) is 6.18 Å². The van der Waals surface area contributed by atoms with Crippen LogP contribution < -0.4 is 5.73 Å². The van der Waals surface area contributed by atoms with Gasteiger partial charge in [0.05, 0.1) is 5.56 Å². The van der Waals surface area contributed by atoms with Crippen molar-refractivity contribution < 1.29 is 13.2 Å². The lowest BCUT2D eigenvalue weighted by Crippen LogP contribution is -2.07. The number of hydrogen-bond donors (Lipinski definition) is 1. The molecule has 0 spiro atoms. The molecule has 0 aliphatic heterocycles. The van der Waals surface area contributed by atoms with Crippen LogP contribution in [0.4, 0.5) is 13.2 Å². The van der Waals surface area contributed by atoms with Gasteiger partial charge in [0, 0.05) is 17.0 Å². The van der Waals surface area contributed by atoms with E-state index in [4.69, 9.17) is 17.3 Å². The summed E-state index contributed by atoms with van der Waals surface area (Å²) in [5.74, 6) is -0.0141. The molecule has 1 fully saturated rings. The van der Waals surface area contributed by atoms with Gasteiger partial charge in [0.15, 0.2) is 0 Å². The summed E-state index contributed by atoms with van der Waals surface area (Å²) < 4.78 is 37.2. The van der Waals surface area contributed by atoms with Crippen molar-refractivity contribution in [1.29, 1.82) is 0 Å². The van der Waals surface area contributed by atoms with E-state index in [0.29, 0.717) is 17.0 Å². The first kappa shape index (κ1) is 10.8. The lowest BCUT2D eigenvalue weighted by atomic mass is 10.1. The molecule has 0 heterocycles. The molecule has 2 N–H and O–H groups in total. The number of benzene rings is 1. The Morgan fingerprint density at radius 1 is 1.33 bits per heavy atom. The zero-order valence-corrected chi connectivity index (χ0v) is 8.44. The summed E-state index contributed by atoms with van der Waals surface area (Å²) in [6, 6.07) is 3.32. The summed E-state index contributed by atoms with van der Waals surface area (Å²) in [4.78, 5) is 0. The van der Waals surface area contributed by atoms with Crippen molar-refractivity contribution in [2.24, 2.45) is 5.73 Å². The van der Waals surface area contributed by atoms with Gasteiger partial charge in [0.2, 0.25) is 0 Å². The fourth-order valence-electron chi connectivity index (χ4n) is 1.58. The third kappa shape index (κ3) is 2.11. The predicted octanol–water partition coefficient (Wildman–Crippen LogP) is 3.17. The molecular formula is C10H9ClF3N. The van der Waals surface area contributed by atoms with Crippen LogP contribution in [0.5, 0.6) is 0 Å². The van der Waals surface area contributed by atoms with Gasteiger partial charge in [-0.1, -0.05) is 11.6 Å². The highest BCUT2D eigenvalue weighted by Gasteiger charge is 2.38. The van der Waals surface area contributed by atoms with Crippen LogP contribution in [0.1, 0.15) is 23.5 Å². The second-order valence-electron chi connectivity index (χ2n) is 3.74. The van der Waals surface area contributed by atoms with Crippen LogP contribution in [0.3, 0.4) is 0 Å². The zero-order chi connectivity index (χ0) is 11.2. The number of nitrogens with two attached hydrogens (primary N) is 1. The average Bonchev–Trinajstić information content (AvgIpc) is 2.81. The Balaban J connectivity index is 2.38. The maximum atomic E-state index is 12.4. The largest absolute Gasteiger partial charge is 0.416 e. The highest BCUT2D eigenvalue weighted by atomic mass is 35.5. The van der Waals surface area contributed by atoms with Crippen LogP contribution in [-0.4, -0.2) is 6.04 Å². The number of alkyl halides is 3. The number of halogens is 4. The van der Waals surface area contributed by atoms with E-state index < -0.39 is 11.7 Å². The molecular weight excluding hydrogens is 227 g/mol. The first-order valence-corrected chi connectivity index (χ1v) is 4.89. The standard InChI is InChI=1S/C10H9ClF3N/c11-8-2-1-5(10(12,13)14)3-6(8)7-4-9(7)15/h1-3,7,9H,4,15H2/t7-,9+/m0/s1. The molecule has 1 saturated carbocycles. The molecule has 0 amide bonds. The minimum Gasteiger partial charge on any atom is -0.327 e. The summed E-state index contributed by atoms with van der Waals surface area (Å²) in [5, 5.41) is 0.362. The molecule has 1 aliphatic rings. The third-order valence-corrected chi connectivity index (χ3v) is 2.91. The van der Waals surface area contributed by atoms with Gasteiger partial charge >= 0.3 is 6.18 Å². The average molecular weight is 236 g/mol. The van der Waals surface area contributed by atoms with Crippen molar-refractivity contribution in [2.45, 2.75) is 24.6 Å². The van der Waals surface area contributed by atoms with Gasteiger partial charge in [-0.15, -0.1) is 0 Å². The van der Waals surface area contributed by atoms with E-state index in [-0.39, 0.29) is 12.0 Å². The van der Waals surface area contributed by atoms with E-state index in [0.717, 1.165) is 12.1 Å². The van der Waals surface area contributed by atoms with Gasteiger partial charge in [-0.2, -0.15) is 13.2 Å². The SMILES string of the molecule is N[C@@H]1C[C@H]1c1cc(C(F)(F)F)ccc1Cl. The molecule has 0 bridgehead atoms. The third-order valence-electron chi connectivity index (χ3n) is 2.56. The van der Waals surface area contributed by atoms with Gasteiger partial charge in [-0.05, 0) is 30.2 Å². The molecule has 1 aliphatic carbocycles. The quantitative estimate of drug-likeness (QED) is 0.795. The molecule has 82 valence electrons. The highest BCUT2D eigenvalue weighted by molar-refractivity contribution is 6.31. The lowest BCUT2D eigenvalue weighted by molar-refractivity contribution is -0.137. The Morgan fingerprint density at radius 2 is 1.93 bits per heavy atom. The molecule has 1 aromatic carbocycles. The number of rotatable bonds is 1. The van der Waals surface area contributed by atoms with Crippen molar-refractivity contribution in [3.05, 3.63) is 34.3 Å². The highest BCUT2D eigenvalue weighted by Crippen LogP contribution is 2.44. The topological polar surface area (TPSA) is 26.0 Å². The van der Waals surface area contributed by atoms with Gasteiger partial charge in [0.1, 0.15) is 0 Å². The zero-order valence-electron chi connectivity index (χ0n) is 7.68. The summed E-state index contributed by atoms with van der Waals surface area (Å²) in [5.41, 5.74) is 5.43. The molecule has 1 nitrogen and oxygen atoms in total. The van der Waals surface area contributed by atoms with Crippen molar-refractivity contribution in [2.75, 3.05) is 0 Å². The second-order valence-corrected chi connectivity index (χ2v) is 4.15. The molecule has 0 unspecified atom stereocenters. The normalized spacial score (nSPS) is 25.4. The molecule has 2 atom stereocenters. The molecule has 5 heteroatoms. The predicted molar refractivity (Wildman–Crippen MR) is 51.8 cm³/mol. The Labute approximate surface area is 90.0 Å². The fraction of sp³-hybridized carbons (Fsp3) is 0.400. The van der Waals surface area contributed by atoms with E-state index in [1.165, 1.54) is 6.07 Å². The Hall–Kier alpha value is -0.740. The summed E-state index contributed by atoms with van der Waals surface area (Å²) in [6.07, 6.45) is -3.61. The van der Waals surface area contributed by atoms with E-state index in [1.807, 2.05) is 0 Å². The Bertz CT molecular complexity index is 389. The van der Waals surface area contributed by atoms with Crippen molar-refractivity contribution in [3.8, 4) is 0 Å². The first-order chi connectivity index (χ1) is 6.89. The molecule has 1 aromatic rings. The molecule has 0 radical (unpaired) electrons. The summed E-state index contributed by atoms with van der Waals surface area (Å²) in [7, 11) is 0. The minimum absolute atomic E-state index is 0.0141. The van der Waals surface area contributed by atoms with Crippen LogP contribution in [0.15, 0.2) is 18.2 Å².